The van der Waals surface area contributed by atoms with E-state index in [-0.39, 0.29) is 19.3 Å². The minimum absolute atomic E-state index is 0.0993. The van der Waals surface area contributed by atoms with Crippen molar-refractivity contribution in [2.24, 2.45) is 0 Å². The van der Waals surface area contributed by atoms with Crippen molar-refractivity contribution >= 4 is 5.97 Å². The average molecular weight is 216 g/mol. The molecule has 0 heterocycles. The Kier molecular flexibility index (Phi) is 9.11. The lowest BCUT2D eigenvalue weighted by molar-refractivity contribution is -0.143. The van der Waals surface area contributed by atoms with E-state index in [1.54, 1.807) is 0 Å². The van der Waals surface area contributed by atoms with Crippen LogP contribution in [0.1, 0.15) is 32.1 Å². The number of carbonyl (C=O) groups is 1. The molecule has 0 aliphatic rings. The van der Waals surface area contributed by atoms with Crippen molar-refractivity contribution < 1.29 is 19.7 Å². The first-order valence-electron chi connectivity index (χ1n) is 5.29. The quantitative estimate of drug-likeness (QED) is 0.343. The van der Waals surface area contributed by atoms with E-state index >= 15 is 0 Å². The number of rotatable bonds is 9. The van der Waals surface area contributed by atoms with E-state index in [2.05, 4.69) is 6.58 Å². The molecule has 0 aliphatic carbocycles. The Morgan fingerprint density at radius 1 is 1.20 bits per heavy atom. The lowest BCUT2D eigenvalue weighted by atomic mass is 10.1. The molecule has 0 aromatic rings. The number of esters is 1. The van der Waals surface area contributed by atoms with E-state index in [9.17, 15) is 4.79 Å². The van der Waals surface area contributed by atoms with Gasteiger partial charge in [0.1, 0.15) is 6.10 Å². The molecule has 0 aromatic heterocycles. The van der Waals surface area contributed by atoms with Crippen molar-refractivity contribution in [2.45, 2.75) is 38.2 Å². The van der Waals surface area contributed by atoms with Crippen LogP contribution in [-0.2, 0) is 9.53 Å². The summed E-state index contributed by atoms with van der Waals surface area (Å²) >= 11 is 0. The second-order valence-corrected chi connectivity index (χ2v) is 3.35. The predicted molar refractivity (Wildman–Crippen MR) is 57.3 cm³/mol. The summed E-state index contributed by atoms with van der Waals surface area (Å²) in [6.07, 6.45) is 4.49. The lowest BCUT2D eigenvalue weighted by Gasteiger charge is -2.16. The summed E-state index contributed by atoms with van der Waals surface area (Å²) in [7, 11) is 0. The van der Waals surface area contributed by atoms with Crippen molar-refractivity contribution in [3.63, 3.8) is 0 Å². The van der Waals surface area contributed by atoms with Gasteiger partial charge in [-0.15, -0.1) is 0 Å². The standard InChI is InChI=1S/C11H20O4/c1-2-11(14)15-10(7-5-9-13)6-3-4-8-12/h2,10,12-13H,1,3-9H2. The third-order valence-corrected chi connectivity index (χ3v) is 2.07. The van der Waals surface area contributed by atoms with Crippen LogP contribution < -0.4 is 0 Å². The van der Waals surface area contributed by atoms with Gasteiger partial charge in [-0.3, -0.25) is 0 Å². The van der Waals surface area contributed by atoms with Crippen LogP contribution >= 0.6 is 0 Å². The van der Waals surface area contributed by atoms with Crippen LogP contribution in [0, 0.1) is 0 Å². The first kappa shape index (κ1) is 14.1. The number of hydrogen-bond donors (Lipinski definition) is 2. The zero-order valence-electron chi connectivity index (χ0n) is 9.02. The van der Waals surface area contributed by atoms with Crippen molar-refractivity contribution in [2.75, 3.05) is 13.2 Å². The molecule has 0 aliphatic heterocycles. The Morgan fingerprint density at radius 3 is 2.33 bits per heavy atom. The van der Waals surface area contributed by atoms with Crippen LogP contribution in [0.15, 0.2) is 12.7 Å². The molecule has 88 valence electrons. The van der Waals surface area contributed by atoms with Crippen molar-refractivity contribution in [3.8, 4) is 0 Å². The molecule has 4 heteroatoms. The third-order valence-electron chi connectivity index (χ3n) is 2.07. The number of ether oxygens (including phenoxy) is 1. The number of hydrogen-bond acceptors (Lipinski definition) is 4. The molecule has 0 aromatic carbocycles. The Morgan fingerprint density at radius 2 is 1.80 bits per heavy atom. The van der Waals surface area contributed by atoms with E-state index in [4.69, 9.17) is 14.9 Å². The van der Waals surface area contributed by atoms with Gasteiger partial charge in [-0.25, -0.2) is 4.79 Å². The van der Waals surface area contributed by atoms with Crippen LogP contribution in [0.3, 0.4) is 0 Å². The smallest absolute Gasteiger partial charge is 0.330 e. The van der Waals surface area contributed by atoms with Gasteiger partial charge in [0.25, 0.3) is 0 Å². The molecule has 0 radical (unpaired) electrons. The van der Waals surface area contributed by atoms with Gasteiger partial charge in [-0.2, -0.15) is 0 Å². The highest BCUT2D eigenvalue weighted by Gasteiger charge is 2.11. The highest BCUT2D eigenvalue weighted by molar-refractivity contribution is 5.81. The Labute approximate surface area is 90.6 Å². The summed E-state index contributed by atoms with van der Waals surface area (Å²) < 4.78 is 5.10. The van der Waals surface area contributed by atoms with E-state index in [1.807, 2.05) is 0 Å². The molecule has 0 rings (SSSR count). The second kappa shape index (κ2) is 9.68. The van der Waals surface area contributed by atoms with E-state index in [0.29, 0.717) is 19.3 Å². The van der Waals surface area contributed by atoms with Crippen LogP contribution in [-0.4, -0.2) is 35.5 Å². The Bertz CT molecular complexity index is 179. The summed E-state index contributed by atoms with van der Waals surface area (Å²) in [5.74, 6) is -0.429. The molecule has 0 bridgehead atoms. The van der Waals surface area contributed by atoms with Gasteiger partial charge >= 0.3 is 5.97 Å². The lowest BCUT2D eigenvalue weighted by Crippen LogP contribution is -2.17. The van der Waals surface area contributed by atoms with Gasteiger partial charge in [-0.05, 0) is 32.1 Å². The SMILES string of the molecule is C=CC(=O)OC(CCCO)CCCCO. The monoisotopic (exact) mass is 216 g/mol. The molecule has 0 amide bonds. The Balaban J connectivity index is 3.82. The summed E-state index contributed by atoms with van der Waals surface area (Å²) in [6.45, 7) is 3.58. The van der Waals surface area contributed by atoms with Crippen molar-refractivity contribution in [3.05, 3.63) is 12.7 Å². The average Bonchev–Trinajstić information content (AvgIpc) is 2.25. The van der Waals surface area contributed by atoms with Crippen LogP contribution in [0.2, 0.25) is 0 Å². The molecular formula is C11H20O4. The highest BCUT2D eigenvalue weighted by Crippen LogP contribution is 2.11. The number of aliphatic hydroxyl groups is 2. The fourth-order valence-corrected chi connectivity index (χ4v) is 1.28. The van der Waals surface area contributed by atoms with Gasteiger partial charge in [-0.1, -0.05) is 6.58 Å². The molecule has 1 unspecified atom stereocenters. The normalized spacial score (nSPS) is 12.1. The minimum Gasteiger partial charge on any atom is -0.459 e. The number of unbranched alkanes of at least 4 members (excludes halogenated alkanes) is 1. The predicted octanol–water partition coefficient (Wildman–Crippen LogP) is 1.02. The van der Waals surface area contributed by atoms with E-state index < -0.39 is 5.97 Å². The van der Waals surface area contributed by atoms with Crippen molar-refractivity contribution in [1.29, 1.82) is 0 Å². The molecule has 0 saturated carbocycles. The van der Waals surface area contributed by atoms with Crippen LogP contribution in [0.25, 0.3) is 0 Å². The minimum atomic E-state index is -0.429. The summed E-state index contributed by atoms with van der Waals surface area (Å²) in [4.78, 5) is 11.0. The maximum absolute atomic E-state index is 11.0. The molecule has 2 N–H and O–H groups in total. The Hall–Kier alpha value is -0.870. The van der Waals surface area contributed by atoms with Gasteiger partial charge in [0.2, 0.25) is 0 Å². The first-order valence-corrected chi connectivity index (χ1v) is 5.29. The highest BCUT2D eigenvalue weighted by atomic mass is 16.5. The summed E-state index contributed by atoms with van der Waals surface area (Å²) in [5, 5.41) is 17.3. The van der Waals surface area contributed by atoms with E-state index in [0.717, 1.165) is 18.9 Å². The molecule has 15 heavy (non-hydrogen) atoms. The fraction of sp³-hybridized carbons (Fsp3) is 0.727. The van der Waals surface area contributed by atoms with Gasteiger partial charge in [0, 0.05) is 19.3 Å². The van der Waals surface area contributed by atoms with Crippen molar-refractivity contribution in [1.82, 2.24) is 0 Å². The molecule has 0 fully saturated rings. The first-order chi connectivity index (χ1) is 7.24. The fourth-order valence-electron chi connectivity index (χ4n) is 1.28. The second-order valence-electron chi connectivity index (χ2n) is 3.35. The summed E-state index contributed by atoms with van der Waals surface area (Å²) in [5.41, 5.74) is 0. The topological polar surface area (TPSA) is 66.8 Å². The molecule has 1 atom stereocenters. The molecule has 4 nitrogen and oxygen atoms in total. The molecular weight excluding hydrogens is 196 g/mol. The molecule has 0 spiro atoms. The summed E-state index contributed by atoms with van der Waals surface area (Å²) in [6, 6.07) is 0. The maximum Gasteiger partial charge on any atom is 0.330 e. The van der Waals surface area contributed by atoms with E-state index in [1.165, 1.54) is 0 Å². The number of carbonyl (C=O) groups excluding carboxylic acids is 1. The zero-order chi connectivity index (χ0) is 11.5. The van der Waals surface area contributed by atoms with Gasteiger partial charge in [0.15, 0.2) is 0 Å². The maximum atomic E-state index is 11.0. The number of aliphatic hydroxyl groups excluding tert-OH is 2. The van der Waals surface area contributed by atoms with Gasteiger partial charge in [0.05, 0.1) is 0 Å². The van der Waals surface area contributed by atoms with Crippen LogP contribution in [0.4, 0.5) is 0 Å². The van der Waals surface area contributed by atoms with Gasteiger partial charge < -0.3 is 14.9 Å². The largest absolute Gasteiger partial charge is 0.459 e. The zero-order valence-corrected chi connectivity index (χ0v) is 9.02. The van der Waals surface area contributed by atoms with Crippen LogP contribution in [0.5, 0.6) is 0 Å². The third kappa shape index (κ3) is 8.15. The molecule has 0 saturated heterocycles.